The maximum absolute atomic E-state index is 4.20. The van der Waals surface area contributed by atoms with Gasteiger partial charge >= 0.3 is 0 Å². The topological polar surface area (TPSA) is 54.5 Å². The van der Waals surface area contributed by atoms with Gasteiger partial charge in [0.2, 0.25) is 5.82 Å². The molecule has 1 N–H and O–H groups in total. The summed E-state index contributed by atoms with van der Waals surface area (Å²) < 4.78 is 0. The van der Waals surface area contributed by atoms with Crippen LogP contribution in [0.5, 0.6) is 0 Å². The molecule has 4 nitrogen and oxygen atoms in total. The Hall–Kier alpha value is -2.75. The van der Waals surface area contributed by atoms with Crippen molar-refractivity contribution >= 4 is 10.8 Å². The van der Waals surface area contributed by atoms with Gasteiger partial charge in [0.05, 0.1) is 0 Å². The molecule has 4 rings (SSSR count). The molecule has 1 unspecified atom stereocenters. The number of fused-ring (bicyclic) bond motifs is 1. The Morgan fingerprint density at radius 3 is 2.76 bits per heavy atom. The maximum atomic E-state index is 4.20. The van der Waals surface area contributed by atoms with Gasteiger partial charge < -0.3 is 0 Å². The summed E-state index contributed by atoms with van der Waals surface area (Å²) in [6.45, 7) is 2.12. The van der Waals surface area contributed by atoms with Gasteiger partial charge in [0.25, 0.3) is 0 Å². The van der Waals surface area contributed by atoms with E-state index in [1.54, 1.807) is 0 Å². The van der Waals surface area contributed by atoms with Crippen LogP contribution in [0.4, 0.5) is 0 Å². The van der Waals surface area contributed by atoms with E-state index in [-0.39, 0.29) is 5.92 Å². The number of nitrogens with one attached hydrogen (secondary N) is 1. The van der Waals surface area contributed by atoms with Crippen LogP contribution in [0.3, 0.4) is 0 Å². The van der Waals surface area contributed by atoms with E-state index in [1.807, 2.05) is 12.1 Å². The smallest absolute Gasteiger partial charge is 0.177 e. The normalized spacial score (nSPS) is 17.4. The van der Waals surface area contributed by atoms with E-state index in [0.29, 0.717) is 5.82 Å². The molecule has 1 aromatic heterocycles. The number of benzene rings is 2. The van der Waals surface area contributed by atoms with Crippen molar-refractivity contribution in [2.75, 3.05) is 0 Å². The van der Waals surface area contributed by atoms with Crippen molar-refractivity contribution in [3.05, 3.63) is 65.8 Å². The van der Waals surface area contributed by atoms with Crippen molar-refractivity contribution in [2.24, 2.45) is 0 Å². The zero-order valence-corrected chi connectivity index (χ0v) is 11.6. The molecule has 2 aromatic carbocycles. The summed E-state index contributed by atoms with van der Waals surface area (Å²) in [5.74, 6) is 0.913. The average Bonchev–Trinajstić information content (AvgIpc) is 3.17. The molecule has 0 saturated carbocycles. The van der Waals surface area contributed by atoms with Crippen molar-refractivity contribution in [2.45, 2.75) is 12.8 Å². The van der Waals surface area contributed by atoms with E-state index >= 15 is 0 Å². The van der Waals surface area contributed by atoms with Gasteiger partial charge in [-0.05, 0) is 28.5 Å². The summed E-state index contributed by atoms with van der Waals surface area (Å²) in [7, 11) is 0. The molecule has 0 aliphatic heterocycles. The number of tetrazole rings is 1. The molecule has 0 radical (unpaired) electrons. The summed E-state index contributed by atoms with van der Waals surface area (Å²) in [4.78, 5) is 0. The van der Waals surface area contributed by atoms with E-state index in [1.165, 1.54) is 16.5 Å². The zero-order valence-electron chi connectivity index (χ0n) is 11.6. The summed E-state index contributed by atoms with van der Waals surface area (Å²) >= 11 is 0. The minimum atomic E-state index is 0.267. The Balaban J connectivity index is 2.03. The van der Waals surface area contributed by atoms with Crippen LogP contribution in [0.25, 0.3) is 22.2 Å². The quantitative estimate of drug-likeness (QED) is 0.776. The molecule has 0 bridgehead atoms. The first-order valence-corrected chi connectivity index (χ1v) is 6.95. The standard InChI is InChI=1S/C17H14N4/c1-11-6-7-13(10-11)15-9-8-12-4-2-3-5-14(12)16(15)17-18-20-21-19-17/h2-10,13H,1H3,(H,18,19,20,21). The molecule has 0 fully saturated rings. The second kappa shape index (κ2) is 4.66. The largest absolute Gasteiger partial charge is 0.205 e. The SMILES string of the molecule is CC1=CC(c2ccc3ccccc3c2-c2nn[nH]n2)C=C1. The monoisotopic (exact) mass is 274 g/mol. The van der Waals surface area contributed by atoms with Gasteiger partial charge in [-0.15, -0.1) is 10.2 Å². The van der Waals surface area contributed by atoms with Crippen LogP contribution in [-0.4, -0.2) is 20.6 Å². The number of aromatic nitrogens is 4. The number of H-pyrrole nitrogens is 1. The van der Waals surface area contributed by atoms with Gasteiger partial charge in [-0.3, -0.25) is 0 Å². The fourth-order valence-corrected chi connectivity index (χ4v) is 2.93. The number of rotatable bonds is 2. The number of hydrogen-bond acceptors (Lipinski definition) is 3. The van der Waals surface area contributed by atoms with Crippen LogP contribution < -0.4 is 0 Å². The predicted molar refractivity (Wildman–Crippen MR) is 82.8 cm³/mol. The van der Waals surface area contributed by atoms with Crippen molar-refractivity contribution < 1.29 is 0 Å². The highest BCUT2D eigenvalue weighted by Gasteiger charge is 2.19. The molecule has 1 heterocycles. The molecule has 1 atom stereocenters. The van der Waals surface area contributed by atoms with Gasteiger partial charge in [0.15, 0.2) is 0 Å². The molecule has 4 heteroatoms. The van der Waals surface area contributed by atoms with E-state index < -0.39 is 0 Å². The Morgan fingerprint density at radius 1 is 1.10 bits per heavy atom. The number of aromatic amines is 1. The van der Waals surface area contributed by atoms with Crippen molar-refractivity contribution in [1.82, 2.24) is 20.6 Å². The highest BCUT2D eigenvalue weighted by molar-refractivity contribution is 5.97. The molecule has 21 heavy (non-hydrogen) atoms. The molecule has 102 valence electrons. The minimum Gasteiger partial charge on any atom is -0.177 e. The van der Waals surface area contributed by atoms with Crippen LogP contribution in [0.1, 0.15) is 18.4 Å². The van der Waals surface area contributed by atoms with Gasteiger partial charge in [-0.25, -0.2) is 0 Å². The maximum Gasteiger partial charge on any atom is 0.205 e. The van der Waals surface area contributed by atoms with Gasteiger partial charge in [0, 0.05) is 11.5 Å². The second-order valence-corrected chi connectivity index (χ2v) is 5.28. The molecule has 1 aliphatic carbocycles. The molecule has 0 amide bonds. The van der Waals surface area contributed by atoms with Crippen LogP contribution >= 0.6 is 0 Å². The van der Waals surface area contributed by atoms with E-state index in [2.05, 4.69) is 70.0 Å². The number of allylic oxidation sites excluding steroid dienone is 4. The summed E-state index contributed by atoms with van der Waals surface area (Å²) in [5, 5.41) is 17.0. The summed E-state index contributed by atoms with van der Waals surface area (Å²) in [5.41, 5.74) is 3.55. The summed E-state index contributed by atoms with van der Waals surface area (Å²) in [6.07, 6.45) is 6.62. The lowest BCUT2D eigenvalue weighted by molar-refractivity contribution is 0.881. The Bertz CT molecular complexity index is 860. The first-order chi connectivity index (χ1) is 10.3. The third-order valence-corrected chi connectivity index (χ3v) is 3.90. The number of nitrogens with zero attached hydrogens (tertiary/aromatic N) is 3. The highest BCUT2D eigenvalue weighted by atomic mass is 15.5. The van der Waals surface area contributed by atoms with Crippen LogP contribution in [0.15, 0.2) is 60.2 Å². The molecular weight excluding hydrogens is 260 g/mol. The van der Waals surface area contributed by atoms with E-state index in [4.69, 9.17) is 0 Å². The molecule has 0 spiro atoms. The van der Waals surface area contributed by atoms with Gasteiger partial charge in [-0.2, -0.15) is 5.21 Å². The van der Waals surface area contributed by atoms with Gasteiger partial charge in [0.1, 0.15) is 0 Å². The lowest BCUT2D eigenvalue weighted by Crippen LogP contribution is -1.96. The van der Waals surface area contributed by atoms with Gasteiger partial charge in [-0.1, -0.05) is 60.2 Å². The summed E-state index contributed by atoms with van der Waals surface area (Å²) in [6, 6.07) is 12.6. The molecule has 0 saturated heterocycles. The molecule has 1 aliphatic rings. The van der Waals surface area contributed by atoms with Crippen molar-refractivity contribution in [1.29, 1.82) is 0 Å². The van der Waals surface area contributed by atoms with Crippen LogP contribution in [0, 0.1) is 0 Å². The average molecular weight is 274 g/mol. The lowest BCUT2D eigenvalue weighted by atomic mass is 9.90. The third-order valence-electron chi connectivity index (χ3n) is 3.90. The Kier molecular flexibility index (Phi) is 2.67. The fraction of sp³-hybridized carbons (Fsp3) is 0.118. The first kappa shape index (κ1) is 12.0. The van der Waals surface area contributed by atoms with Crippen LogP contribution in [0.2, 0.25) is 0 Å². The Labute approximate surface area is 122 Å². The highest BCUT2D eigenvalue weighted by Crippen LogP contribution is 2.37. The van der Waals surface area contributed by atoms with Crippen molar-refractivity contribution in [3.63, 3.8) is 0 Å². The first-order valence-electron chi connectivity index (χ1n) is 6.95. The Morgan fingerprint density at radius 2 is 2.00 bits per heavy atom. The minimum absolute atomic E-state index is 0.267. The predicted octanol–water partition coefficient (Wildman–Crippen LogP) is 3.62. The lowest BCUT2D eigenvalue weighted by Gasteiger charge is -2.13. The van der Waals surface area contributed by atoms with Crippen molar-refractivity contribution in [3.8, 4) is 11.4 Å². The fourth-order valence-electron chi connectivity index (χ4n) is 2.93. The second-order valence-electron chi connectivity index (χ2n) is 5.28. The third kappa shape index (κ3) is 1.96. The molecular formula is C17H14N4. The van der Waals surface area contributed by atoms with E-state index in [9.17, 15) is 0 Å². The molecule has 3 aromatic rings. The number of hydrogen-bond donors (Lipinski definition) is 1. The zero-order chi connectivity index (χ0) is 14.2. The van der Waals surface area contributed by atoms with Crippen LogP contribution in [-0.2, 0) is 0 Å². The van der Waals surface area contributed by atoms with E-state index in [0.717, 1.165) is 10.9 Å².